The van der Waals surface area contributed by atoms with Crippen LogP contribution >= 0.6 is 0 Å². The number of nitrogens with one attached hydrogen (secondary N) is 1. The smallest absolute Gasteiger partial charge is 0.226 e. The van der Waals surface area contributed by atoms with E-state index in [1.807, 2.05) is 23.1 Å². The van der Waals surface area contributed by atoms with Crippen LogP contribution in [0.25, 0.3) is 0 Å². The number of hydrogen-bond donors (Lipinski definition) is 1. The van der Waals surface area contributed by atoms with E-state index in [2.05, 4.69) is 5.32 Å². The SMILES string of the molecule is O=C(CCc1ccc2c(c1)CN(C(=O)C1CC1)CCO2)NCc1cc(F)cc(F)c1. The molecule has 0 spiro atoms. The van der Waals surface area contributed by atoms with Gasteiger partial charge in [0.15, 0.2) is 0 Å². The minimum absolute atomic E-state index is 0.0732. The van der Waals surface area contributed by atoms with E-state index in [1.165, 1.54) is 12.1 Å². The molecule has 1 aliphatic carbocycles. The number of rotatable bonds is 6. The number of fused-ring (bicyclic) bond motifs is 1. The van der Waals surface area contributed by atoms with E-state index in [4.69, 9.17) is 4.74 Å². The number of amides is 2. The largest absolute Gasteiger partial charge is 0.491 e. The molecule has 0 atom stereocenters. The maximum absolute atomic E-state index is 13.2. The Balaban J connectivity index is 1.32. The van der Waals surface area contributed by atoms with Crippen LogP contribution < -0.4 is 10.1 Å². The van der Waals surface area contributed by atoms with E-state index < -0.39 is 11.6 Å². The first-order chi connectivity index (χ1) is 14.5. The van der Waals surface area contributed by atoms with Gasteiger partial charge in [0.2, 0.25) is 11.8 Å². The van der Waals surface area contributed by atoms with Crippen LogP contribution in [0.15, 0.2) is 36.4 Å². The van der Waals surface area contributed by atoms with E-state index >= 15 is 0 Å². The minimum Gasteiger partial charge on any atom is -0.491 e. The lowest BCUT2D eigenvalue weighted by Crippen LogP contribution is -2.33. The highest BCUT2D eigenvalue weighted by atomic mass is 19.1. The normalized spacial score (nSPS) is 15.7. The van der Waals surface area contributed by atoms with Gasteiger partial charge < -0.3 is 15.0 Å². The van der Waals surface area contributed by atoms with Crippen molar-refractivity contribution in [2.75, 3.05) is 13.2 Å². The molecule has 2 aliphatic rings. The summed E-state index contributed by atoms with van der Waals surface area (Å²) in [5.41, 5.74) is 2.31. The molecule has 158 valence electrons. The molecular weight excluding hydrogens is 390 g/mol. The summed E-state index contributed by atoms with van der Waals surface area (Å²) in [6, 6.07) is 9.00. The lowest BCUT2D eigenvalue weighted by Gasteiger charge is -2.19. The van der Waals surface area contributed by atoms with Gasteiger partial charge >= 0.3 is 0 Å². The third-order valence-electron chi connectivity index (χ3n) is 5.40. The van der Waals surface area contributed by atoms with E-state index in [0.29, 0.717) is 31.7 Å². The van der Waals surface area contributed by atoms with Crippen LogP contribution in [-0.2, 0) is 29.1 Å². The van der Waals surface area contributed by atoms with Crippen LogP contribution in [0, 0.1) is 17.6 Å². The Kier molecular flexibility index (Phi) is 5.97. The molecule has 1 N–H and O–H groups in total. The number of carbonyl (C=O) groups is 2. The summed E-state index contributed by atoms with van der Waals surface area (Å²) < 4.78 is 32.2. The molecule has 2 aromatic rings. The molecule has 5 nitrogen and oxygen atoms in total. The lowest BCUT2D eigenvalue weighted by molar-refractivity contribution is -0.133. The van der Waals surface area contributed by atoms with Gasteiger partial charge in [0.25, 0.3) is 0 Å². The molecule has 0 bridgehead atoms. The molecule has 0 saturated heterocycles. The first-order valence-corrected chi connectivity index (χ1v) is 10.2. The highest BCUT2D eigenvalue weighted by molar-refractivity contribution is 5.81. The molecule has 7 heteroatoms. The Morgan fingerprint density at radius 3 is 2.57 bits per heavy atom. The molecular formula is C23H24F2N2O3. The zero-order chi connectivity index (χ0) is 21.1. The third-order valence-corrected chi connectivity index (χ3v) is 5.40. The predicted octanol–water partition coefficient (Wildman–Crippen LogP) is 3.34. The monoisotopic (exact) mass is 414 g/mol. The fourth-order valence-electron chi connectivity index (χ4n) is 3.64. The Hall–Kier alpha value is -2.96. The average Bonchev–Trinajstić information content (AvgIpc) is 3.56. The number of aryl methyl sites for hydroxylation is 1. The van der Waals surface area contributed by atoms with Crippen molar-refractivity contribution >= 4 is 11.8 Å². The topological polar surface area (TPSA) is 58.6 Å². The Labute approximate surface area is 174 Å². The van der Waals surface area contributed by atoms with Crippen molar-refractivity contribution < 1.29 is 23.1 Å². The van der Waals surface area contributed by atoms with Gasteiger partial charge in [-0.3, -0.25) is 9.59 Å². The molecule has 1 aliphatic heterocycles. The van der Waals surface area contributed by atoms with Gasteiger partial charge in [0, 0.05) is 37.1 Å². The van der Waals surface area contributed by atoms with Gasteiger partial charge in [-0.2, -0.15) is 0 Å². The Morgan fingerprint density at radius 1 is 1.07 bits per heavy atom. The Bertz CT molecular complexity index is 939. The molecule has 0 unspecified atom stereocenters. The predicted molar refractivity (Wildman–Crippen MR) is 107 cm³/mol. The molecule has 30 heavy (non-hydrogen) atoms. The van der Waals surface area contributed by atoms with E-state index in [-0.39, 0.29) is 30.7 Å². The average molecular weight is 414 g/mol. The minimum atomic E-state index is -0.666. The maximum Gasteiger partial charge on any atom is 0.226 e. The number of benzene rings is 2. The van der Waals surface area contributed by atoms with Crippen LogP contribution in [0.1, 0.15) is 36.0 Å². The molecule has 2 amide bonds. The summed E-state index contributed by atoms with van der Waals surface area (Å²) in [6.45, 7) is 1.66. The van der Waals surface area contributed by atoms with Crippen molar-refractivity contribution in [1.29, 1.82) is 0 Å². The van der Waals surface area contributed by atoms with Crippen LogP contribution in [0.4, 0.5) is 8.78 Å². The van der Waals surface area contributed by atoms with Crippen molar-refractivity contribution in [3.63, 3.8) is 0 Å². The van der Waals surface area contributed by atoms with Gasteiger partial charge in [0.1, 0.15) is 24.0 Å². The third kappa shape index (κ3) is 5.14. The number of nitrogens with zero attached hydrogens (tertiary/aromatic N) is 1. The van der Waals surface area contributed by atoms with Crippen molar-refractivity contribution in [3.8, 4) is 5.75 Å². The summed E-state index contributed by atoms with van der Waals surface area (Å²) in [5, 5.41) is 2.69. The van der Waals surface area contributed by atoms with Gasteiger partial charge in [-0.25, -0.2) is 8.78 Å². The number of ether oxygens (including phenoxy) is 1. The van der Waals surface area contributed by atoms with Gasteiger partial charge in [-0.05, 0) is 48.6 Å². The lowest BCUT2D eigenvalue weighted by atomic mass is 10.0. The molecule has 1 fully saturated rings. The summed E-state index contributed by atoms with van der Waals surface area (Å²) in [6.07, 6.45) is 2.72. The van der Waals surface area contributed by atoms with Crippen LogP contribution in [0.5, 0.6) is 5.75 Å². The first-order valence-electron chi connectivity index (χ1n) is 10.2. The first kappa shape index (κ1) is 20.3. The second-order valence-corrected chi connectivity index (χ2v) is 7.88. The molecule has 1 heterocycles. The summed E-state index contributed by atoms with van der Waals surface area (Å²) >= 11 is 0. The number of halogens is 2. The molecule has 4 rings (SSSR count). The molecule has 1 saturated carbocycles. The molecule has 2 aromatic carbocycles. The van der Waals surface area contributed by atoms with E-state index in [0.717, 1.165) is 35.8 Å². The van der Waals surface area contributed by atoms with Crippen LogP contribution in [0.2, 0.25) is 0 Å². The van der Waals surface area contributed by atoms with Gasteiger partial charge in [-0.1, -0.05) is 12.1 Å². The highest BCUT2D eigenvalue weighted by Gasteiger charge is 2.34. The number of hydrogen-bond acceptors (Lipinski definition) is 3. The summed E-state index contributed by atoms with van der Waals surface area (Å²) in [5.74, 6) is -0.379. The number of carbonyl (C=O) groups excluding carboxylic acids is 2. The van der Waals surface area contributed by atoms with Crippen LogP contribution in [-0.4, -0.2) is 29.9 Å². The summed E-state index contributed by atoms with van der Waals surface area (Å²) in [7, 11) is 0. The zero-order valence-electron chi connectivity index (χ0n) is 16.6. The van der Waals surface area contributed by atoms with E-state index in [1.54, 1.807) is 0 Å². The van der Waals surface area contributed by atoms with Gasteiger partial charge in [-0.15, -0.1) is 0 Å². The second kappa shape index (κ2) is 8.81. The quantitative estimate of drug-likeness (QED) is 0.789. The van der Waals surface area contributed by atoms with Crippen molar-refractivity contribution in [2.45, 2.75) is 38.8 Å². The zero-order valence-corrected chi connectivity index (χ0v) is 16.6. The van der Waals surface area contributed by atoms with Crippen LogP contribution in [0.3, 0.4) is 0 Å². The van der Waals surface area contributed by atoms with Crippen molar-refractivity contribution in [1.82, 2.24) is 10.2 Å². The summed E-state index contributed by atoms with van der Waals surface area (Å²) in [4.78, 5) is 26.4. The fraction of sp³-hybridized carbons (Fsp3) is 0.391. The second-order valence-electron chi connectivity index (χ2n) is 7.88. The standard InChI is InChI=1S/C23H24F2N2O3/c24-19-10-16(11-20(25)12-19)13-26-22(28)6-2-15-1-5-21-18(9-15)14-27(7-8-30-21)23(29)17-3-4-17/h1,5,9-12,17H,2-4,6-8,13-14H2,(H,26,28). The van der Waals surface area contributed by atoms with Crippen molar-refractivity contribution in [2.24, 2.45) is 5.92 Å². The van der Waals surface area contributed by atoms with Crippen molar-refractivity contribution in [3.05, 3.63) is 64.7 Å². The molecule has 0 radical (unpaired) electrons. The molecule has 0 aromatic heterocycles. The fourth-order valence-corrected chi connectivity index (χ4v) is 3.64. The maximum atomic E-state index is 13.2. The highest BCUT2D eigenvalue weighted by Crippen LogP contribution is 2.33. The Morgan fingerprint density at radius 2 is 1.83 bits per heavy atom. The van der Waals surface area contributed by atoms with Gasteiger partial charge in [0.05, 0.1) is 6.54 Å². The van der Waals surface area contributed by atoms with E-state index in [9.17, 15) is 18.4 Å².